The van der Waals surface area contributed by atoms with Crippen molar-refractivity contribution in [1.82, 2.24) is 9.29 Å². The van der Waals surface area contributed by atoms with E-state index in [2.05, 4.69) is 0 Å². The molecule has 114 valence electrons. The van der Waals surface area contributed by atoms with Gasteiger partial charge in [-0.25, -0.2) is 22.7 Å². The number of aliphatic carboxylic acids is 1. The standard InChI is InChI=1S/C11H12N2O7S/c1-13-7-3-2-6(4-9(7)20-11(13)17)21(18,19)12-5-8(14)10(15)16/h2-4,8,12,14H,5H2,1H3,(H,15,16)/t8-/m0/s1. The lowest BCUT2D eigenvalue weighted by molar-refractivity contribution is -0.146. The molecule has 1 aromatic carbocycles. The van der Waals surface area contributed by atoms with E-state index < -0.39 is 34.4 Å². The first-order chi connectivity index (χ1) is 9.72. The van der Waals surface area contributed by atoms with Gasteiger partial charge in [-0.1, -0.05) is 0 Å². The van der Waals surface area contributed by atoms with Gasteiger partial charge < -0.3 is 14.6 Å². The molecule has 3 N–H and O–H groups in total. The van der Waals surface area contributed by atoms with Crippen molar-refractivity contribution in [2.75, 3.05) is 6.54 Å². The summed E-state index contributed by atoms with van der Waals surface area (Å²) in [4.78, 5) is 21.5. The zero-order valence-corrected chi connectivity index (χ0v) is 11.6. The molecule has 0 aliphatic rings. The van der Waals surface area contributed by atoms with Crippen LogP contribution in [-0.4, -0.2) is 41.8 Å². The average molecular weight is 316 g/mol. The van der Waals surface area contributed by atoms with Gasteiger partial charge in [0.25, 0.3) is 0 Å². The molecule has 0 aliphatic carbocycles. The number of aliphatic hydroxyl groups is 1. The van der Waals surface area contributed by atoms with Crippen molar-refractivity contribution < 1.29 is 27.8 Å². The van der Waals surface area contributed by atoms with Gasteiger partial charge in [0.1, 0.15) is 0 Å². The van der Waals surface area contributed by atoms with Crippen molar-refractivity contribution >= 4 is 27.1 Å². The van der Waals surface area contributed by atoms with Gasteiger partial charge in [0.05, 0.1) is 10.4 Å². The van der Waals surface area contributed by atoms with Crippen molar-refractivity contribution in [3.63, 3.8) is 0 Å². The molecular weight excluding hydrogens is 304 g/mol. The smallest absolute Gasteiger partial charge is 0.419 e. The number of nitrogens with one attached hydrogen (secondary N) is 1. The number of carboxylic acid groups (broad SMARTS) is 1. The summed E-state index contributed by atoms with van der Waals surface area (Å²) in [5, 5.41) is 17.5. The lowest BCUT2D eigenvalue weighted by Crippen LogP contribution is -2.36. The highest BCUT2D eigenvalue weighted by Crippen LogP contribution is 2.17. The number of sulfonamides is 1. The number of carbonyl (C=O) groups is 1. The molecular formula is C11H12N2O7S. The second-order valence-corrected chi connectivity index (χ2v) is 6.03. The second kappa shape index (κ2) is 5.31. The van der Waals surface area contributed by atoms with Gasteiger partial charge in [0.15, 0.2) is 11.7 Å². The zero-order chi connectivity index (χ0) is 15.8. The summed E-state index contributed by atoms with van der Waals surface area (Å²) < 4.78 is 31.9. The average Bonchev–Trinajstić information content (AvgIpc) is 2.71. The molecule has 0 aliphatic heterocycles. The molecule has 0 amide bonds. The van der Waals surface area contributed by atoms with Gasteiger partial charge in [-0.05, 0) is 12.1 Å². The van der Waals surface area contributed by atoms with Crippen molar-refractivity contribution in [3.8, 4) is 0 Å². The molecule has 0 fully saturated rings. The van der Waals surface area contributed by atoms with E-state index in [0.717, 1.165) is 6.07 Å². The molecule has 1 atom stereocenters. The molecule has 0 spiro atoms. The number of rotatable bonds is 5. The van der Waals surface area contributed by atoms with E-state index in [4.69, 9.17) is 14.6 Å². The van der Waals surface area contributed by atoms with Gasteiger partial charge in [0.2, 0.25) is 10.0 Å². The third kappa shape index (κ3) is 2.96. The van der Waals surface area contributed by atoms with E-state index in [9.17, 15) is 18.0 Å². The Morgan fingerprint density at radius 1 is 1.48 bits per heavy atom. The van der Waals surface area contributed by atoms with E-state index in [0.29, 0.717) is 5.52 Å². The second-order valence-electron chi connectivity index (χ2n) is 4.26. The maximum atomic E-state index is 12.0. The maximum absolute atomic E-state index is 12.0. The number of oxazole rings is 1. The zero-order valence-electron chi connectivity index (χ0n) is 10.8. The number of carboxylic acids is 1. The first-order valence-electron chi connectivity index (χ1n) is 5.72. The summed E-state index contributed by atoms with van der Waals surface area (Å²) >= 11 is 0. The number of nitrogens with zero attached hydrogens (tertiary/aromatic N) is 1. The van der Waals surface area contributed by atoms with Crippen LogP contribution >= 0.6 is 0 Å². The van der Waals surface area contributed by atoms with Crippen LogP contribution in [0, 0.1) is 0 Å². The summed E-state index contributed by atoms with van der Waals surface area (Å²) in [5.41, 5.74) is 0.508. The topological polar surface area (TPSA) is 139 Å². The van der Waals surface area contributed by atoms with Gasteiger partial charge >= 0.3 is 11.7 Å². The highest BCUT2D eigenvalue weighted by Gasteiger charge is 2.20. The molecule has 9 nitrogen and oxygen atoms in total. The highest BCUT2D eigenvalue weighted by molar-refractivity contribution is 7.89. The monoisotopic (exact) mass is 316 g/mol. The summed E-state index contributed by atoms with van der Waals surface area (Å²) in [6.45, 7) is -0.672. The van der Waals surface area contributed by atoms with E-state index >= 15 is 0 Å². The summed E-state index contributed by atoms with van der Waals surface area (Å²) in [6.07, 6.45) is -1.85. The Morgan fingerprint density at radius 3 is 2.76 bits per heavy atom. The maximum Gasteiger partial charge on any atom is 0.419 e. The summed E-state index contributed by atoms with van der Waals surface area (Å²) in [5.74, 6) is -2.17. The van der Waals surface area contributed by atoms with Crippen molar-refractivity contribution in [2.24, 2.45) is 7.05 Å². The predicted octanol–water partition coefficient (Wildman–Crippen LogP) is -1.14. The minimum atomic E-state index is -4.03. The van der Waals surface area contributed by atoms with Crippen molar-refractivity contribution in [3.05, 3.63) is 28.7 Å². The molecule has 2 rings (SSSR count). The van der Waals surface area contributed by atoms with Crippen LogP contribution in [0.3, 0.4) is 0 Å². The molecule has 0 saturated carbocycles. The van der Waals surface area contributed by atoms with Crippen LogP contribution in [0.1, 0.15) is 0 Å². The van der Waals surface area contributed by atoms with Crippen molar-refractivity contribution in [1.29, 1.82) is 0 Å². The number of hydrogen-bond donors (Lipinski definition) is 3. The molecule has 1 aromatic heterocycles. The first kappa shape index (κ1) is 15.2. The normalized spacial score (nSPS) is 13.4. The number of aliphatic hydroxyl groups excluding tert-OH is 1. The number of hydrogen-bond acceptors (Lipinski definition) is 6. The summed E-state index contributed by atoms with van der Waals surface area (Å²) in [7, 11) is -2.55. The predicted molar refractivity (Wildman–Crippen MR) is 70.3 cm³/mol. The fourth-order valence-electron chi connectivity index (χ4n) is 1.64. The molecule has 0 saturated heterocycles. The largest absolute Gasteiger partial charge is 0.479 e. The van der Waals surface area contributed by atoms with Crippen molar-refractivity contribution in [2.45, 2.75) is 11.0 Å². The fraction of sp³-hybridized carbons (Fsp3) is 0.273. The molecule has 21 heavy (non-hydrogen) atoms. The first-order valence-corrected chi connectivity index (χ1v) is 7.21. The van der Waals surface area contributed by atoms with E-state index in [1.165, 1.54) is 23.7 Å². The van der Waals surface area contributed by atoms with Gasteiger partial charge in [-0.3, -0.25) is 4.57 Å². The molecule has 0 unspecified atom stereocenters. The third-order valence-corrected chi connectivity index (χ3v) is 4.25. The molecule has 2 aromatic rings. The van der Waals surface area contributed by atoms with Crippen LogP contribution in [0.25, 0.3) is 11.1 Å². The summed E-state index contributed by atoms with van der Waals surface area (Å²) in [6, 6.07) is 3.78. The fourth-order valence-corrected chi connectivity index (χ4v) is 2.69. The quantitative estimate of drug-likeness (QED) is 0.633. The Labute approximate surface area is 118 Å². The molecule has 10 heteroatoms. The van der Waals surface area contributed by atoms with Crippen LogP contribution in [0.4, 0.5) is 0 Å². The SMILES string of the molecule is Cn1c(=O)oc2cc(S(=O)(=O)NC[C@H](O)C(=O)O)ccc21. The minimum Gasteiger partial charge on any atom is -0.479 e. The van der Waals surface area contributed by atoms with E-state index in [1.807, 2.05) is 4.72 Å². The Balaban J connectivity index is 2.32. The number of benzene rings is 1. The Kier molecular flexibility index (Phi) is 3.85. The van der Waals surface area contributed by atoms with Gasteiger partial charge in [0, 0.05) is 19.7 Å². The van der Waals surface area contributed by atoms with E-state index in [-0.39, 0.29) is 10.5 Å². The van der Waals surface area contributed by atoms with E-state index in [1.54, 1.807) is 0 Å². The third-order valence-electron chi connectivity index (χ3n) is 2.83. The van der Waals surface area contributed by atoms with Crippen LogP contribution in [0.15, 0.2) is 32.3 Å². The van der Waals surface area contributed by atoms with Crippen LogP contribution in [0.2, 0.25) is 0 Å². The molecule has 1 heterocycles. The Morgan fingerprint density at radius 2 is 2.14 bits per heavy atom. The Hall–Kier alpha value is -2.17. The van der Waals surface area contributed by atoms with Crippen LogP contribution in [-0.2, 0) is 21.9 Å². The van der Waals surface area contributed by atoms with Gasteiger partial charge in [-0.2, -0.15) is 0 Å². The lowest BCUT2D eigenvalue weighted by atomic mass is 10.3. The minimum absolute atomic E-state index is 0.0872. The number of fused-ring (bicyclic) bond motifs is 1. The number of aryl methyl sites for hydroxylation is 1. The van der Waals surface area contributed by atoms with Gasteiger partial charge in [-0.15, -0.1) is 0 Å². The lowest BCUT2D eigenvalue weighted by Gasteiger charge is -2.08. The highest BCUT2D eigenvalue weighted by atomic mass is 32.2. The number of aromatic nitrogens is 1. The molecule has 0 radical (unpaired) electrons. The molecule has 0 bridgehead atoms. The Bertz CT molecular complexity index is 849. The van der Waals surface area contributed by atoms with Crippen LogP contribution < -0.4 is 10.5 Å². The van der Waals surface area contributed by atoms with Crippen LogP contribution in [0.5, 0.6) is 0 Å².